The van der Waals surface area contributed by atoms with Crippen LogP contribution < -0.4 is 4.57 Å². The Morgan fingerprint density at radius 3 is 2.31 bits per heavy atom. The Bertz CT molecular complexity index is 1810. The number of pyridine rings is 2. The predicted molar refractivity (Wildman–Crippen MR) is 138 cm³/mol. The van der Waals surface area contributed by atoms with Gasteiger partial charge in [0.2, 0.25) is 17.6 Å². The minimum absolute atomic E-state index is 0.307. The number of fused-ring (bicyclic) bond motifs is 3. The van der Waals surface area contributed by atoms with Crippen molar-refractivity contribution in [1.29, 1.82) is 5.26 Å². The first-order valence-electron chi connectivity index (χ1n) is 11.6. The van der Waals surface area contributed by atoms with Crippen molar-refractivity contribution in [2.45, 2.75) is 6.92 Å². The number of aryl methyl sites for hydroxylation is 2. The van der Waals surface area contributed by atoms with Crippen molar-refractivity contribution in [2.24, 2.45) is 7.05 Å². The first-order valence-corrected chi connectivity index (χ1v) is 11.6. The molecule has 0 aliphatic heterocycles. The topological polar surface area (TPSA) is 53.7 Å². The maximum Gasteiger partial charge on any atom is 0.227 e. The van der Waals surface area contributed by atoms with Crippen LogP contribution in [0.25, 0.3) is 55.7 Å². The molecule has 0 aliphatic carbocycles. The summed E-state index contributed by atoms with van der Waals surface area (Å²) < 4.78 is 21.8. The van der Waals surface area contributed by atoms with E-state index in [0.29, 0.717) is 22.6 Å². The normalized spacial score (nSPS) is 11.2. The molecule has 0 bridgehead atoms. The molecule has 0 saturated carbocycles. The lowest BCUT2D eigenvalue weighted by Crippen LogP contribution is -2.31. The monoisotopic (exact) mass is 470 g/mol. The average Bonchev–Trinajstić information content (AvgIpc) is 3.26. The molecule has 6 aromatic rings. The number of hydrogen-bond acceptors (Lipinski definition) is 3. The number of benzene rings is 3. The SMILES string of the molecule is Cc1ccc2c(oc3nc(-c4ccc(-c5ccccc5)cc4)c(C#N)cc32)c1-c1ccc(F)c[n+]1C. The van der Waals surface area contributed by atoms with Crippen molar-refractivity contribution in [2.75, 3.05) is 0 Å². The predicted octanol–water partition coefficient (Wildman–Crippen LogP) is 7.13. The third kappa shape index (κ3) is 3.52. The molecule has 0 radical (unpaired) electrons. The Hall–Kier alpha value is -4.82. The second-order valence-electron chi connectivity index (χ2n) is 8.87. The summed E-state index contributed by atoms with van der Waals surface area (Å²) in [6.07, 6.45) is 1.44. The van der Waals surface area contributed by atoms with Gasteiger partial charge in [0, 0.05) is 22.4 Å². The first-order chi connectivity index (χ1) is 17.5. The molecule has 0 spiro atoms. The summed E-state index contributed by atoms with van der Waals surface area (Å²) in [6.45, 7) is 2.00. The van der Waals surface area contributed by atoms with E-state index in [0.717, 1.165) is 44.3 Å². The van der Waals surface area contributed by atoms with E-state index in [1.54, 1.807) is 10.6 Å². The molecule has 36 heavy (non-hydrogen) atoms. The molecule has 172 valence electrons. The van der Waals surface area contributed by atoms with Crippen molar-refractivity contribution in [3.63, 3.8) is 0 Å². The molecule has 3 aromatic carbocycles. The highest BCUT2D eigenvalue weighted by Gasteiger charge is 2.22. The zero-order valence-corrected chi connectivity index (χ0v) is 19.8. The number of hydrogen-bond donors (Lipinski definition) is 0. The lowest BCUT2D eigenvalue weighted by molar-refractivity contribution is -0.661. The Morgan fingerprint density at radius 1 is 0.861 bits per heavy atom. The molecule has 6 rings (SSSR count). The molecule has 0 fully saturated rings. The Morgan fingerprint density at radius 2 is 1.58 bits per heavy atom. The fourth-order valence-corrected chi connectivity index (χ4v) is 4.77. The second kappa shape index (κ2) is 8.44. The van der Waals surface area contributed by atoms with Crippen LogP contribution in [-0.2, 0) is 7.05 Å². The third-order valence-electron chi connectivity index (χ3n) is 6.58. The minimum Gasteiger partial charge on any atom is -0.437 e. The molecule has 3 aromatic heterocycles. The van der Waals surface area contributed by atoms with E-state index in [4.69, 9.17) is 9.40 Å². The van der Waals surface area contributed by atoms with Gasteiger partial charge in [-0.1, -0.05) is 66.7 Å². The van der Waals surface area contributed by atoms with Crippen molar-refractivity contribution < 1.29 is 13.4 Å². The maximum absolute atomic E-state index is 13.8. The summed E-state index contributed by atoms with van der Waals surface area (Å²) in [5, 5.41) is 11.6. The van der Waals surface area contributed by atoms with Crippen LogP contribution in [0.2, 0.25) is 0 Å². The molecular weight excluding hydrogens is 449 g/mol. The number of rotatable bonds is 3. The van der Waals surface area contributed by atoms with Crippen LogP contribution in [0.15, 0.2) is 95.5 Å². The van der Waals surface area contributed by atoms with Gasteiger partial charge in [0.25, 0.3) is 0 Å². The molecule has 0 unspecified atom stereocenters. The van der Waals surface area contributed by atoms with Gasteiger partial charge in [-0.25, -0.2) is 9.37 Å². The molecule has 3 heterocycles. The number of nitrogens with zero attached hydrogens (tertiary/aromatic N) is 3. The number of furan rings is 1. The van der Waals surface area contributed by atoms with Gasteiger partial charge in [-0.15, -0.1) is 0 Å². The van der Waals surface area contributed by atoms with E-state index in [2.05, 4.69) is 18.2 Å². The molecular formula is C31H21FN3O+. The first kappa shape index (κ1) is 21.7. The smallest absolute Gasteiger partial charge is 0.227 e. The van der Waals surface area contributed by atoms with E-state index in [1.165, 1.54) is 12.3 Å². The lowest BCUT2D eigenvalue weighted by Gasteiger charge is -2.06. The van der Waals surface area contributed by atoms with Gasteiger partial charge in [-0.05, 0) is 35.7 Å². The van der Waals surface area contributed by atoms with E-state index < -0.39 is 0 Å². The zero-order valence-electron chi connectivity index (χ0n) is 19.8. The van der Waals surface area contributed by atoms with E-state index >= 15 is 0 Å². The fraction of sp³-hybridized carbons (Fsp3) is 0.0645. The number of nitriles is 1. The number of halogens is 1. The molecule has 5 heteroatoms. The molecule has 0 aliphatic rings. The van der Waals surface area contributed by atoms with Gasteiger partial charge in [-0.2, -0.15) is 9.83 Å². The molecule has 0 saturated heterocycles. The van der Waals surface area contributed by atoms with Gasteiger partial charge in [-0.3, -0.25) is 0 Å². The standard InChI is InChI=1S/C31H21FN3O/c1-19-8-14-25-26-16-23(17-33)29(22-11-9-21(10-12-22)20-6-4-3-5-7-20)34-31(26)36-30(25)28(19)27-15-13-24(32)18-35(27)2/h3-16,18H,1-2H3/q+1. The van der Waals surface area contributed by atoms with Crippen LogP contribution in [-0.4, -0.2) is 4.98 Å². The van der Waals surface area contributed by atoms with E-state index in [-0.39, 0.29) is 5.82 Å². The Balaban J connectivity index is 1.53. The largest absolute Gasteiger partial charge is 0.437 e. The second-order valence-corrected chi connectivity index (χ2v) is 8.87. The maximum atomic E-state index is 13.8. The van der Waals surface area contributed by atoms with Crippen LogP contribution in [0.4, 0.5) is 4.39 Å². The van der Waals surface area contributed by atoms with Crippen molar-refractivity contribution in [1.82, 2.24) is 4.98 Å². The van der Waals surface area contributed by atoms with Crippen molar-refractivity contribution in [3.05, 3.63) is 108 Å². The van der Waals surface area contributed by atoms with Gasteiger partial charge in [0.1, 0.15) is 13.1 Å². The number of aromatic nitrogens is 2. The van der Waals surface area contributed by atoms with Gasteiger partial charge in [0.15, 0.2) is 11.4 Å². The molecule has 0 atom stereocenters. The minimum atomic E-state index is -0.307. The van der Waals surface area contributed by atoms with E-state index in [1.807, 2.05) is 74.6 Å². The fourth-order valence-electron chi connectivity index (χ4n) is 4.77. The summed E-state index contributed by atoms with van der Waals surface area (Å²) in [5.74, 6) is -0.307. The van der Waals surface area contributed by atoms with Crippen molar-refractivity contribution in [3.8, 4) is 39.7 Å². The van der Waals surface area contributed by atoms with Gasteiger partial charge in [0.05, 0.1) is 16.8 Å². The summed E-state index contributed by atoms with van der Waals surface area (Å²) in [7, 11) is 1.81. The van der Waals surface area contributed by atoms with E-state index in [9.17, 15) is 9.65 Å². The summed E-state index contributed by atoms with van der Waals surface area (Å²) in [5.41, 5.74) is 7.95. The van der Waals surface area contributed by atoms with Crippen molar-refractivity contribution >= 4 is 22.1 Å². The summed E-state index contributed by atoms with van der Waals surface area (Å²) in [6, 6.07) is 29.5. The van der Waals surface area contributed by atoms with Gasteiger partial charge < -0.3 is 4.42 Å². The Labute approximate surface area is 207 Å². The molecule has 0 N–H and O–H groups in total. The van der Waals surface area contributed by atoms with Crippen LogP contribution in [0, 0.1) is 24.1 Å². The summed E-state index contributed by atoms with van der Waals surface area (Å²) >= 11 is 0. The van der Waals surface area contributed by atoms with Crippen LogP contribution in [0.1, 0.15) is 11.1 Å². The highest BCUT2D eigenvalue weighted by atomic mass is 19.1. The highest BCUT2D eigenvalue weighted by molar-refractivity contribution is 6.09. The third-order valence-corrected chi connectivity index (χ3v) is 6.58. The zero-order chi connectivity index (χ0) is 24.8. The quantitative estimate of drug-likeness (QED) is 0.259. The van der Waals surface area contributed by atoms with Crippen LogP contribution in [0.3, 0.4) is 0 Å². The van der Waals surface area contributed by atoms with Crippen LogP contribution in [0.5, 0.6) is 0 Å². The Kier molecular flexibility index (Phi) is 5.09. The lowest BCUT2D eigenvalue weighted by atomic mass is 9.99. The van der Waals surface area contributed by atoms with Crippen LogP contribution >= 0.6 is 0 Å². The highest BCUT2D eigenvalue weighted by Crippen LogP contribution is 2.38. The summed E-state index contributed by atoms with van der Waals surface area (Å²) in [4.78, 5) is 4.80. The molecule has 0 amide bonds. The van der Waals surface area contributed by atoms with Gasteiger partial charge >= 0.3 is 0 Å². The molecule has 4 nitrogen and oxygen atoms in total. The average molecular weight is 471 g/mol.